The van der Waals surface area contributed by atoms with Crippen LogP contribution in [0.15, 0.2) is 0 Å². The van der Waals surface area contributed by atoms with Gasteiger partial charge in [0, 0.05) is 0 Å². The molecule has 1 aliphatic rings. The summed E-state index contributed by atoms with van der Waals surface area (Å²) in [6.07, 6.45) is 16.0. The van der Waals surface area contributed by atoms with E-state index in [2.05, 4.69) is 19.2 Å². The van der Waals surface area contributed by atoms with Crippen molar-refractivity contribution < 1.29 is 39.5 Å². The molecular weight excluding hydrogens is 538 g/mol. The van der Waals surface area contributed by atoms with Crippen LogP contribution >= 0.6 is 0 Å². The van der Waals surface area contributed by atoms with Crippen molar-refractivity contribution in [3.05, 3.63) is 0 Å². The molecule has 42 heavy (non-hydrogen) atoms. The molecule has 1 aliphatic heterocycles. The minimum atomic E-state index is -1.48. The van der Waals surface area contributed by atoms with Crippen LogP contribution < -0.4 is 5.32 Å². The van der Waals surface area contributed by atoms with E-state index < -0.39 is 48.6 Å². The molecule has 0 spiro atoms. The molecule has 0 aromatic heterocycles. The standard InChI is InChI=1S/C33H63NO8/c1-3-5-7-9-11-13-15-17-19-21-26(35)23-29(38)34-31-32(28(37)25-41-33(31)40)42-30(39)24-27(36)22-20-18-16-14-12-10-8-6-4-2/h26-28,31-33,35-37,40H,3-25H2,1-2H3,(H,34,38)/t26?,27?,28-,31-,32-,33?/m0/s1. The molecule has 248 valence electrons. The van der Waals surface area contributed by atoms with Crippen LogP contribution in [-0.2, 0) is 19.1 Å². The first-order chi connectivity index (χ1) is 20.3. The van der Waals surface area contributed by atoms with Crippen LogP contribution in [0.5, 0.6) is 0 Å². The Hall–Kier alpha value is -1.26. The van der Waals surface area contributed by atoms with Gasteiger partial charge in [0.15, 0.2) is 12.4 Å². The Morgan fingerprint density at radius 1 is 0.714 bits per heavy atom. The number of hydrogen-bond acceptors (Lipinski definition) is 8. The molecular formula is C33H63NO8. The largest absolute Gasteiger partial charge is 0.457 e. The Bertz CT molecular complexity index is 622. The lowest BCUT2D eigenvalue weighted by molar-refractivity contribution is -0.223. The van der Waals surface area contributed by atoms with Crippen LogP contribution in [0.4, 0.5) is 0 Å². The molecule has 0 saturated carbocycles. The lowest BCUT2D eigenvalue weighted by atomic mass is 10.0. The highest BCUT2D eigenvalue weighted by molar-refractivity contribution is 5.77. The first-order valence-corrected chi connectivity index (χ1v) is 17.1. The van der Waals surface area contributed by atoms with Gasteiger partial charge in [-0.2, -0.15) is 0 Å². The van der Waals surface area contributed by atoms with Crippen molar-refractivity contribution in [3.8, 4) is 0 Å². The summed E-state index contributed by atoms with van der Waals surface area (Å²) < 4.78 is 10.6. The molecule has 0 bridgehead atoms. The third kappa shape index (κ3) is 19.1. The zero-order valence-corrected chi connectivity index (χ0v) is 26.6. The van der Waals surface area contributed by atoms with Gasteiger partial charge in [-0.3, -0.25) is 9.59 Å². The van der Waals surface area contributed by atoms with E-state index in [4.69, 9.17) is 9.47 Å². The highest BCUT2D eigenvalue weighted by Gasteiger charge is 2.42. The zero-order chi connectivity index (χ0) is 31.0. The molecule has 0 aromatic rings. The first-order valence-electron chi connectivity index (χ1n) is 17.1. The second-order valence-corrected chi connectivity index (χ2v) is 12.3. The second kappa shape index (κ2) is 25.1. The Morgan fingerprint density at radius 3 is 1.62 bits per heavy atom. The van der Waals surface area contributed by atoms with Gasteiger partial charge in [-0.1, -0.05) is 129 Å². The molecule has 0 radical (unpaired) electrons. The van der Waals surface area contributed by atoms with E-state index in [1.54, 1.807) is 0 Å². The fraction of sp³-hybridized carbons (Fsp3) is 0.939. The van der Waals surface area contributed by atoms with Crippen LogP contribution in [0, 0.1) is 0 Å². The van der Waals surface area contributed by atoms with Gasteiger partial charge in [0.1, 0.15) is 12.1 Å². The minimum Gasteiger partial charge on any atom is -0.457 e. The van der Waals surface area contributed by atoms with Crippen LogP contribution in [0.3, 0.4) is 0 Å². The average molecular weight is 602 g/mol. The van der Waals surface area contributed by atoms with Crippen molar-refractivity contribution in [1.29, 1.82) is 0 Å². The molecule has 1 rings (SSSR count). The summed E-state index contributed by atoms with van der Waals surface area (Å²) in [7, 11) is 0. The third-order valence-electron chi connectivity index (χ3n) is 8.18. The number of rotatable bonds is 26. The summed E-state index contributed by atoms with van der Waals surface area (Å²) in [6.45, 7) is 4.16. The SMILES string of the molecule is CCCCCCCCCCCC(O)CC(=O)N[C@@H]1C(O)OC[C@H](O)[C@@H]1OC(=O)CC(O)CCCCCCCCCCC. The van der Waals surface area contributed by atoms with Gasteiger partial charge in [0.2, 0.25) is 5.91 Å². The number of amides is 1. The fourth-order valence-electron chi connectivity index (χ4n) is 5.54. The summed E-state index contributed by atoms with van der Waals surface area (Å²) in [5.41, 5.74) is 0. The van der Waals surface area contributed by atoms with Crippen LogP contribution in [0.25, 0.3) is 0 Å². The van der Waals surface area contributed by atoms with E-state index in [0.29, 0.717) is 12.8 Å². The van der Waals surface area contributed by atoms with Crippen LogP contribution in [0.1, 0.15) is 155 Å². The van der Waals surface area contributed by atoms with Gasteiger partial charge in [0.25, 0.3) is 0 Å². The molecule has 6 atom stereocenters. The van der Waals surface area contributed by atoms with Gasteiger partial charge < -0.3 is 35.2 Å². The van der Waals surface area contributed by atoms with Crippen molar-refractivity contribution in [2.75, 3.05) is 6.61 Å². The van der Waals surface area contributed by atoms with Crippen LogP contribution in [-0.4, -0.2) is 75.7 Å². The molecule has 1 amide bonds. The van der Waals surface area contributed by atoms with E-state index in [0.717, 1.165) is 38.5 Å². The molecule has 5 N–H and O–H groups in total. The molecule has 1 heterocycles. The predicted molar refractivity (Wildman–Crippen MR) is 165 cm³/mol. The maximum atomic E-state index is 12.6. The maximum absolute atomic E-state index is 12.6. The molecule has 9 heteroatoms. The number of nitrogens with one attached hydrogen (secondary N) is 1. The van der Waals surface area contributed by atoms with Gasteiger partial charge in [-0.15, -0.1) is 0 Å². The Balaban J connectivity index is 2.33. The minimum absolute atomic E-state index is 0.158. The highest BCUT2D eigenvalue weighted by Crippen LogP contribution is 2.20. The van der Waals surface area contributed by atoms with Crippen molar-refractivity contribution in [2.24, 2.45) is 0 Å². The lowest BCUT2D eigenvalue weighted by Crippen LogP contribution is -2.62. The molecule has 1 fully saturated rings. The summed E-state index contributed by atoms with van der Waals surface area (Å²) >= 11 is 0. The lowest BCUT2D eigenvalue weighted by Gasteiger charge is -2.38. The number of unbranched alkanes of at least 4 members (excludes halogenated alkanes) is 16. The number of ether oxygens (including phenoxy) is 2. The summed E-state index contributed by atoms with van der Waals surface area (Å²) in [5, 5.41) is 43.9. The van der Waals surface area contributed by atoms with E-state index in [1.165, 1.54) is 77.0 Å². The number of aliphatic hydroxyl groups is 4. The Kier molecular flexibility index (Phi) is 23.2. The zero-order valence-electron chi connectivity index (χ0n) is 26.6. The predicted octanol–water partition coefficient (Wildman–Crippen LogP) is 5.44. The summed E-state index contributed by atoms with van der Waals surface area (Å²) in [6, 6.07) is -1.18. The van der Waals surface area contributed by atoms with Crippen molar-refractivity contribution >= 4 is 11.9 Å². The van der Waals surface area contributed by atoms with Crippen molar-refractivity contribution in [2.45, 2.75) is 192 Å². The monoisotopic (exact) mass is 601 g/mol. The average Bonchev–Trinajstić information content (AvgIpc) is 2.95. The third-order valence-corrected chi connectivity index (χ3v) is 8.18. The normalized spacial score (nSPS) is 22.0. The quantitative estimate of drug-likeness (QED) is 0.0651. The topological polar surface area (TPSA) is 146 Å². The maximum Gasteiger partial charge on any atom is 0.308 e. The molecule has 1 saturated heterocycles. The highest BCUT2D eigenvalue weighted by atomic mass is 16.6. The Labute approximate surface area is 255 Å². The van der Waals surface area contributed by atoms with E-state index in [9.17, 15) is 30.0 Å². The molecule has 0 aromatic carbocycles. The van der Waals surface area contributed by atoms with Gasteiger partial charge >= 0.3 is 5.97 Å². The van der Waals surface area contributed by atoms with Crippen molar-refractivity contribution in [3.63, 3.8) is 0 Å². The number of aliphatic hydroxyl groups excluding tert-OH is 4. The number of carbonyl (C=O) groups is 2. The fourth-order valence-corrected chi connectivity index (χ4v) is 5.54. The van der Waals surface area contributed by atoms with E-state index in [-0.39, 0.29) is 19.4 Å². The number of hydrogen-bond donors (Lipinski definition) is 5. The first kappa shape index (κ1) is 38.8. The van der Waals surface area contributed by atoms with Gasteiger partial charge in [-0.25, -0.2) is 0 Å². The summed E-state index contributed by atoms with van der Waals surface area (Å²) in [5.74, 6) is -1.23. The van der Waals surface area contributed by atoms with E-state index >= 15 is 0 Å². The smallest absolute Gasteiger partial charge is 0.308 e. The second-order valence-electron chi connectivity index (χ2n) is 12.3. The number of carbonyl (C=O) groups excluding carboxylic acids is 2. The van der Waals surface area contributed by atoms with Gasteiger partial charge in [0.05, 0.1) is 31.7 Å². The molecule has 0 aliphatic carbocycles. The molecule has 3 unspecified atom stereocenters. The Morgan fingerprint density at radius 2 is 1.14 bits per heavy atom. The summed E-state index contributed by atoms with van der Waals surface area (Å²) in [4.78, 5) is 25.1. The van der Waals surface area contributed by atoms with Crippen LogP contribution in [0.2, 0.25) is 0 Å². The van der Waals surface area contributed by atoms with Crippen molar-refractivity contribution in [1.82, 2.24) is 5.32 Å². The number of esters is 1. The molecule has 9 nitrogen and oxygen atoms in total. The van der Waals surface area contributed by atoms with Gasteiger partial charge in [-0.05, 0) is 12.8 Å². The van der Waals surface area contributed by atoms with E-state index in [1.807, 2.05) is 0 Å².